The Bertz CT molecular complexity index is 579. The highest BCUT2D eigenvalue weighted by atomic mass is 16.5. The summed E-state index contributed by atoms with van der Waals surface area (Å²) in [6.07, 6.45) is 0. The number of aromatic nitrogens is 2. The fraction of sp³-hybridized carbons (Fsp3) is 0.154. The van der Waals surface area contributed by atoms with Gasteiger partial charge in [0.1, 0.15) is 5.75 Å². The van der Waals surface area contributed by atoms with Crippen LogP contribution in [0.2, 0.25) is 0 Å². The molecule has 1 aromatic carbocycles. The minimum Gasteiger partial charge on any atom is -0.496 e. The minimum absolute atomic E-state index is 0.0658. The lowest BCUT2D eigenvalue weighted by molar-refractivity contribution is 0.0689. The molecule has 0 aliphatic rings. The Morgan fingerprint density at radius 3 is 2.50 bits per heavy atom. The molecule has 0 amide bonds. The zero-order valence-electron chi connectivity index (χ0n) is 10.0. The third-order valence-electron chi connectivity index (χ3n) is 2.57. The minimum atomic E-state index is -1.08. The standard InChI is InChI=1S/C13H12N2O3/c1-8-7-9(3-6-12(8)18-2)10-4-5-11(13(16)17)15-14-10/h3-7H,1-2H3,(H,16,17). The number of ether oxygens (including phenoxy) is 1. The Morgan fingerprint density at radius 1 is 1.22 bits per heavy atom. The summed E-state index contributed by atoms with van der Waals surface area (Å²) < 4.78 is 5.17. The first-order valence-electron chi connectivity index (χ1n) is 5.34. The van der Waals surface area contributed by atoms with Crippen molar-refractivity contribution in [2.24, 2.45) is 0 Å². The number of aryl methyl sites for hydroxylation is 1. The maximum Gasteiger partial charge on any atom is 0.356 e. The van der Waals surface area contributed by atoms with Crippen molar-refractivity contribution in [3.05, 3.63) is 41.6 Å². The van der Waals surface area contributed by atoms with Crippen LogP contribution in [0.3, 0.4) is 0 Å². The highest BCUT2D eigenvalue weighted by Gasteiger charge is 2.07. The summed E-state index contributed by atoms with van der Waals surface area (Å²) in [5.74, 6) is -0.283. The Kier molecular flexibility index (Phi) is 3.23. The van der Waals surface area contributed by atoms with Crippen LogP contribution < -0.4 is 4.74 Å². The molecule has 0 saturated carbocycles. The molecule has 5 heteroatoms. The van der Waals surface area contributed by atoms with Crippen LogP contribution in [-0.2, 0) is 0 Å². The van der Waals surface area contributed by atoms with Gasteiger partial charge in [0, 0.05) is 5.56 Å². The smallest absolute Gasteiger partial charge is 0.356 e. The maximum absolute atomic E-state index is 10.7. The van der Waals surface area contributed by atoms with E-state index in [0.717, 1.165) is 16.9 Å². The van der Waals surface area contributed by atoms with E-state index in [1.54, 1.807) is 13.2 Å². The van der Waals surface area contributed by atoms with Gasteiger partial charge < -0.3 is 9.84 Å². The molecule has 1 heterocycles. The number of rotatable bonds is 3. The van der Waals surface area contributed by atoms with E-state index in [9.17, 15) is 4.79 Å². The number of carboxylic acids is 1. The highest BCUT2D eigenvalue weighted by Crippen LogP contribution is 2.24. The van der Waals surface area contributed by atoms with Gasteiger partial charge in [0.15, 0.2) is 5.69 Å². The van der Waals surface area contributed by atoms with E-state index in [1.165, 1.54) is 6.07 Å². The molecule has 0 spiro atoms. The molecule has 0 unspecified atom stereocenters. The molecule has 0 atom stereocenters. The summed E-state index contributed by atoms with van der Waals surface area (Å²) in [5.41, 5.74) is 2.42. The largest absolute Gasteiger partial charge is 0.496 e. The summed E-state index contributed by atoms with van der Waals surface area (Å²) >= 11 is 0. The van der Waals surface area contributed by atoms with Crippen molar-refractivity contribution in [3.63, 3.8) is 0 Å². The molecule has 0 fully saturated rings. The van der Waals surface area contributed by atoms with Gasteiger partial charge in [0.25, 0.3) is 0 Å². The zero-order valence-corrected chi connectivity index (χ0v) is 10.0. The van der Waals surface area contributed by atoms with Gasteiger partial charge in [-0.15, -0.1) is 10.2 Å². The van der Waals surface area contributed by atoms with Crippen LogP contribution in [-0.4, -0.2) is 28.4 Å². The van der Waals surface area contributed by atoms with Gasteiger partial charge in [-0.3, -0.25) is 0 Å². The van der Waals surface area contributed by atoms with Crippen molar-refractivity contribution >= 4 is 5.97 Å². The number of aromatic carboxylic acids is 1. The molecule has 2 aromatic rings. The van der Waals surface area contributed by atoms with Crippen LogP contribution in [0.5, 0.6) is 5.75 Å². The maximum atomic E-state index is 10.7. The van der Waals surface area contributed by atoms with Crippen LogP contribution in [0.4, 0.5) is 0 Å². The first-order valence-corrected chi connectivity index (χ1v) is 5.34. The summed E-state index contributed by atoms with van der Waals surface area (Å²) in [7, 11) is 1.61. The Balaban J connectivity index is 2.36. The van der Waals surface area contributed by atoms with Crippen molar-refractivity contribution in [2.45, 2.75) is 6.92 Å². The van der Waals surface area contributed by atoms with E-state index in [0.29, 0.717) is 5.69 Å². The lowest BCUT2D eigenvalue weighted by atomic mass is 10.1. The Hall–Kier alpha value is -2.43. The normalized spacial score (nSPS) is 10.1. The molecule has 1 aromatic heterocycles. The number of hydrogen-bond donors (Lipinski definition) is 1. The molecule has 5 nitrogen and oxygen atoms in total. The average Bonchev–Trinajstić information content (AvgIpc) is 2.38. The summed E-state index contributed by atoms with van der Waals surface area (Å²) in [6, 6.07) is 8.69. The molecule has 0 aliphatic carbocycles. The van der Waals surface area contributed by atoms with E-state index in [2.05, 4.69) is 10.2 Å². The summed E-state index contributed by atoms with van der Waals surface area (Å²) in [5, 5.41) is 16.3. The Labute approximate surface area is 104 Å². The molecule has 0 radical (unpaired) electrons. The highest BCUT2D eigenvalue weighted by molar-refractivity contribution is 5.85. The van der Waals surface area contributed by atoms with Gasteiger partial charge in [-0.25, -0.2) is 4.79 Å². The van der Waals surface area contributed by atoms with Gasteiger partial charge >= 0.3 is 5.97 Å². The van der Waals surface area contributed by atoms with Gasteiger partial charge in [-0.05, 0) is 42.8 Å². The van der Waals surface area contributed by atoms with E-state index in [1.807, 2.05) is 25.1 Å². The van der Waals surface area contributed by atoms with E-state index in [-0.39, 0.29) is 5.69 Å². The fourth-order valence-electron chi connectivity index (χ4n) is 1.64. The number of nitrogens with zero attached hydrogens (tertiary/aromatic N) is 2. The molecule has 0 saturated heterocycles. The first kappa shape index (κ1) is 12.0. The van der Waals surface area contributed by atoms with Crippen molar-refractivity contribution in [2.75, 3.05) is 7.11 Å². The second-order valence-corrected chi connectivity index (χ2v) is 3.79. The average molecular weight is 244 g/mol. The lowest BCUT2D eigenvalue weighted by Gasteiger charge is -2.06. The van der Waals surface area contributed by atoms with Crippen LogP contribution in [0.15, 0.2) is 30.3 Å². The molecular formula is C13H12N2O3. The molecule has 92 valence electrons. The number of hydrogen-bond acceptors (Lipinski definition) is 4. The van der Waals surface area contributed by atoms with Crippen molar-refractivity contribution in [1.82, 2.24) is 10.2 Å². The molecule has 0 aliphatic heterocycles. The van der Waals surface area contributed by atoms with E-state index in [4.69, 9.17) is 9.84 Å². The number of carbonyl (C=O) groups is 1. The quantitative estimate of drug-likeness (QED) is 0.895. The van der Waals surface area contributed by atoms with E-state index < -0.39 is 5.97 Å². The van der Waals surface area contributed by atoms with Crippen molar-refractivity contribution in [3.8, 4) is 17.0 Å². The van der Waals surface area contributed by atoms with Gasteiger partial charge in [0.05, 0.1) is 12.8 Å². The lowest BCUT2D eigenvalue weighted by Crippen LogP contribution is -2.02. The fourth-order valence-corrected chi connectivity index (χ4v) is 1.64. The molecule has 18 heavy (non-hydrogen) atoms. The van der Waals surface area contributed by atoms with Crippen LogP contribution >= 0.6 is 0 Å². The zero-order chi connectivity index (χ0) is 13.1. The monoisotopic (exact) mass is 244 g/mol. The summed E-state index contributed by atoms with van der Waals surface area (Å²) in [6.45, 7) is 1.93. The summed E-state index contributed by atoms with van der Waals surface area (Å²) in [4.78, 5) is 10.7. The molecule has 0 bridgehead atoms. The second kappa shape index (κ2) is 4.83. The SMILES string of the molecule is COc1ccc(-c2ccc(C(=O)O)nn2)cc1C. The second-order valence-electron chi connectivity index (χ2n) is 3.79. The first-order chi connectivity index (χ1) is 8.61. The van der Waals surface area contributed by atoms with Crippen molar-refractivity contribution in [1.29, 1.82) is 0 Å². The van der Waals surface area contributed by atoms with Crippen LogP contribution in [0.25, 0.3) is 11.3 Å². The third-order valence-corrected chi connectivity index (χ3v) is 2.57. The third kappa shape index (κ3) is 2.29. The molecule has 1 N–H and O–H groups in total. The molecular weight excluding hydrogens is 232 g/mol. The number of carboxylic acid groups (broad SMARTS) is 1. The predicted octanol–water partition coefficient (Wildman–Crippen LogP) is 2.16. The molecule has 2 rings (SSSR count). The van der Waals surface area contributed by atoms with Gasteiger partial charge in [0.2, 0.25) is 0 Å². The van der Waals surface area contributed by atoms with Gasteiger partial charge in [-0.2, -0.15) is 0 Å². The van der Waals surface area contributed by atoms with Crippen LogP contribution in [0, 0.1) is 6.92 Å². The van der Waals surface area contributed by atoms with Crippen LogP contribution in [0.1, 0.15) is 16.1 Å². The topological polar surface area (TPSA) is 72.3 Å². The number of methoxy groups -OCH3 is 1. The van der Waals surface area contributed by atoms with E-state index >= 15 is 0 Å². The van der Waals surface area contributed by atoms with Crippen molar-refractivity contribution < 1.29 is 14.6 Å². The van der Waals surface area contributed by atoms with Gasteiger partial charge in [-0.1, -0.05) is 0 Å². The Morgan fingerprint density at radius 2 is 2.00 bits per heavy atom. The number of benzene rings is 1. The predicted molar refractivity (Wildman–Crippen MR) is 65.7 cm³/mol.